The number of aromatic nitrogens is 3. The van der Waals surface area contributed by atoms with Gasteiger partial charge >= 0.3 is 0 Å². The second-order valence-electron chi connectivity index (χ2n) is 7.11. The molecule has 3 heterocycles. The number of imidazole rings is 1. The van der Waals surface area contributed by atoms with Crippen LogP contribution >= 0.6 is 0 Å². The zero-order valence-corrected chi connectivity index (χ0v) is 14.4. The molecule has 0 aromatic carbocycles. The van der Waals surface area contributed by atoms with Crippen molar-refractivity contribution in [3.63, 3.8) is 0 Å². The minimum absolute atomic E-state index is 0.103. The summed E-state index contributed by atoms with van der Waals surface area (Å²) in [5.41, 5.74) is 2.88. The summed E-state index contributed by atoms with van der Waals surface area (Å²) in [5.74, 6) is 2.03. The van der Waals surface area contributed by atoms with Crippen LogP contribution in [0.3, 0.4) is 0 Å². The monoisotopic (exact) mass is 324 g/mol. The van der Waals surface area contributed by atoms with E-state index in [9.17, 15) is 4.79 Å². The first-order valence-electron chi connectivity index (χ1n) is 8.89. The normalized spacial score (nSPS) is 18.8. The van der Waals surface area contributed by atoms with Crippen LogP contribution in [0.2, 0.25) is 0 Å². The molecule has 0 unspecified atom stereocenters. The molecule has 0 N–H and O–H groups in total. The second-order valence-corrected chi connectivity index (χ2v) is 7.11. The molecular formula is C19H24N4O. The number of rotatable bonds is 3. The molecule has 0 atom stereocenters. The van der Waals surface area contributed by atoms with Crippen LogP contribution in [0.4, 0.5) is 0 Å². The molecule has 2 fully saturated rings. The summed E-state index contributed by atoms with van der Waals surface area (Å²) >= 11 is 0. The Kier molecular flexibility index (Phi) is 3.87. The van der Waals surface area contributed by atoms with Crippen LogP contribution in [-0.4, -0.2) is 38.4 Å². The smallest absolute Gasteiger partial charge is 0.255 e. The van der Waals surface area contributed by atoms with E-state index in [-0.39, 0.29) is 5.91 Å². The number of likely N-dealkylation sites (tertiary alicyclic amines) is 1. The first-order valence-corrected chi connectivity index (χ1v) is 8.89. The SMILES string of the molecule is Cc1ccc(C(=O)N2CCC(n3c(C)cnc3C3CC3)CC2)cn1. The minimum atomic E-state index is 0.103. The van der Waals surface area contributed by atoms with Gasteiger partial charge in [0.25, 0.3) is 5.91 Å². The van der Waals surface area contributed by atoms with Crippen molar-refractivity contribution in [1.29, 1.82) is 0 Å². The minimum Gasteiger partial charge on any atom is -0.338 e. The van der Waals surface area contributed by atoms with E-state index in [1.165, 1.54) is 24.4 Å². The first kappa shape index (κ1) is 15.4. The van der Waals surface area contributed by atoms with Crippen LogP contribution in [0, 0.1) is 13.8 Å². The number of aryl methyl sites for hydroxylation is 2. The molecular weight excluding hydrogens is 300 g/mol. The lowest BCUT2D eigenvalue weighted by atomic mass is 10.0. The highest BCUT2D eigenvalue weighted by Gasteiger charge is 2.32. The van der Waals surface area contributed by atoms with Gasteiger partial charge < -0.3 is 9.47 Å². The number of carbonyl (C=O) groups is 1. The van der Waals surface area contributed by atoms with E-state index < -0.39 is 0 Å². The number of nitrogens with zero attached hydrogens (tertiary/aromatic N) is 4. The van der Waals surface area contributed by atoms with E-state index in [0.717, 1.165) is 31.6 Å². The highest BCUT2D eigenvalue weighted by molar-refractivity contribution is 5.94. The van der Waals surface area contributed by atoms with Crippen LogP contribution in [0.15, 0.2) is 24.5 Å². The van der Waals surface area contributed by atoms with Crippen molar-refractivity contribution in [1.82, 2.24) is 19.4 Å². The summed E-state index contributed by atoms with van der Waals surface area (Å²) in [4.78, 5) is 23.5. The first-order chi connectivity index (χ1) is 11.6. The Bertz CT molecular complexity index is 737. The maximum atomic E-state index is 12.6. The van der Waals surface area contributed by atoms with Gasteiger partial charge in [0.2, 0.25) is 0 Å². The zero-order valence-electron chi connectivity index (χ0n) is 14.4. The summed E-state index contributed by atoms with van der Waals surface area (Å²) in [6, 6.07) is 4.25. The molecule has 2 aliphatic rings. The van der Waals surface area contributed by atoms with Crippen LogP contribution in [-0.2, 0) is 0 Å². The highest BCUT2D eigenvalue weighted by Crippen LogP contribution is 2.41. The molecule has 1 aliphatic carbocycles. The molecule has 0 bridgehead atoms. The topological polar surface area (TPSA) is 51.0 Å². The summed E-state index contributed by atoms with van der Waals surface area (Å²) in [5, 5.41) is 0. The Balaban J connectivity index is 1.44. The third kappa shape index (κ3) is 2.83. The predicted octanol–water partition coefficient (Wildman–Crippen LogP) is 3.25. The molecule has 5 nitrogen and oxygen atoms in total. The lowest BCUT2D eigenvalue weighted by Crippen LogP contribution is -2.39. The fraction of sp³-hybridized carbons (Fsp3) is 0.526. The van der Waals surface area contributed by atoms with Gasteiger partial charge in [-0.1, -0.05) is 0 Å². The van der Waals surface area contributed by atoms with Crippen LogP contribution in [0.25, 0.3) is 0 Å². The quantitative estimate of drug-likeness (QED) is 0.871. The molecule has 5 heteroatoms. The second kappa shape index (κ2) is 6.04. The van der Waals surface area contributed by atoms with Gasteiger partial charge in [-0.15, -0.1) is 0 Å². The molecule has 1 amide bonds. The van der Waals surface area contributed by atoms with Crippen molar-refractivity contribution in [2.75, 3.05) is 13.1 Å². The van der Waals surface area contributed by atoms with Crippen molar-refractivity contribution in [2.45, 2.75) is 51.5 Å². The Morgan fingerprint density at radius 1 is 1.04 bits per heavy atom. The third-order valence-electron chi connectivity index (χ3n) is 5.23. The lowest BCUT2D eigenvalue weighted by molar-refractivity contribution is 0.0692. The average Bonchev–Trinajstić information content (AvgIpc) is 3.37. The van der Waals surface area contributed by atoms with Crippen molar-refractivity contribution in [3.8, 4) is 0 Å². The maximum Gasteiger partial charge on any atom is 0.255 e. The number of amides is 1. The largest absolute Gasteiger partial charge is 0.338 e. The molecule has 4 rings (SSSR count). The van der Waals surface area contributed by atoms with Crippen molar-refractivity contribution >= 4 is 5.91 Å². The molecule has 2 aromatic heterocycles. The van der Waals surface area contributed by atoms with Gasteiger partial charge in [-0.2, -0.15) is 0 Å². The number of hydrogen-bond acceptors (Lipinski definition) is 3. The molecule has 2 aromatic rings. The van der Waals surface area contributed by atoms with Gasteiger partial charge in [-0.3, -0.25) is 9.78 Å². The molecule has 24 heavy (non-hydrogen) atoms. The van der Waals surface area contributed by atoms with E-state index in [4.69, 9.17) is 0 Å². The summed E-state index contributed by atoms with van der Waals surface area (Å²) in [6.07, 6.45) is 8.24. The molecule has 1 aliphatic heterocycles. The lowest BCUT2D eigenvalue weighted by Gasteiger charge is -2.34. The summed E-state index contributed by atoms with van der Waals surface area (Å²) in [7, 11) is 0. The fourth-order valence-electron chi connectivity index (χ4n) is 3.69. The van der Waals surface area contributed by atoms with Gasteiger partial charge in [0, 0.05) is 48.8 Å². The van der Waals surface area contributed by atoms with Crippen molar-refractivity contribution in [3.05, 3.63) is 47.3 Å². The molecule has 126 valence electrons. The van der Waals surface area contributed by atoms with E-state index in [2.05, 4.69) is 21.5 Å². The number of carbonyl (C=O) groups excluding carboxylic acids is 1. The Morgan fingerprint density at radius 3 is 2.42 bits per heavy atom. The van der Waals surface area contributed by atoms with E-state index in [1.54, 1.807) is 6.20 Å². The van der Waals surface area contributed by atoms with E-state index in [0.29, 0.717) is 17.5 Å². The average molecular weight is 324 g/mol. The van der Waals surface area contributed by atoms with Gasteiger partial charge in [0.15, 0.2) is 0 Å². The zero-order chi connectivity index (χ0) is 16.7. The van der Waals surface area contributed by atoms with Gasteiger partial charge in [0.1, 0.15) is 5.82 Å². The highest BCUT2D eigenvalue weighted by atomic mass is 16.2. The number of hydrogen-bond donors (Lipinski definition) is 0. The van der Waals surface area contributed by atoms with Crippen molar-refractivity contribution in [2.24, 2.45) is 0 Å². The van der Waals surface area contributed by atoms with Crippen LogP contribution < -0.4 is 0 Å². The Morgan fingerprint density at radius 2 is 1.79 bits per heavy atom. The summed E-state index contributed by atoms with van der Waals surface area (Å²) < 4.78 is 2.44. The number of pyridine rings is 1. The van der Waals surface area contributed by atoms with Gasteiger partial charge in [-0.25, -0.2) is 4.98 Å². The molecule has 1 saturated heterocycles. The van der Waals surface area contributed by atoms with Crippen LogP contribution in [0.5, 0.6) is 0 Å². The summed E-state index contributed by atoms with van der Waals surface area (Å²) in [6.45, 7) is 5.69. The van der Waals surface area contributed by atoms with Crippen LogP contribution in [0.1, 0.15) is 65.2 Å². The number of piperidine rings is 1. The standard InChI is InChI=1S/C19H24N4O/c1-13-3-4-16(12-20-13)19(24)22-9-7-17(8-10-22)23-14(2)11-21-18(23)15-5-6-15/h3-4,11-12,15,17H,5-10H2,1-2H3. The van der Waals surface area contributed by atoms with E-state index >= 15 is 0 Å². The Hall–Kier alpha value is -2.17. The fourth-order valence-corrected chi connectivity index (χ4v) is 3.69. The molecule has 0 spiro atoms. The Labute approximate surface area is 142 Å². The van der Waals surface area contributed by atoms with Gasteiger partial charge in [0.05, 0.1) is 5.56 Å². The predicted molar refractivity (Wildman–Crippen MR) is 92.1 cm³/mol. The van der Waals surface area contributed by atoms with E-state index in [1.807, 2.05) is 30.2 Å². The molecule has 1 saturated carbocycles. The van der Waals surface area contributed by atoms with Crippen molar-refractivity contribution < 1.29 is 4.79 Å². The maximum absolute atomic E-state index is 12.6. The third-order valence-corrected chi connectivity index (χ3v) is 5.23. The van der Waals surface area contributed by atoms with Gasteiger partial charge in [-0.05, 0) is 51.7 Å². The molecule has 0 radical (unpaired) electrons.